The highest BCUT2D eigenvalue weighted by Crippen LogP contribution is 2.34. The van der Waals surface area contributed by atoms with Gasteiger partial charge in [-0.15, -0.1) is 0 Å². The molecule has 0 fully saturated rings. The minimum absolute atomic E-state index is 0.0493. The Bertz CT molecular complexity index is 667. The first-order chi connectivity index (χ1) is 9.72. The molecule has 2 aromatic rings. The zero-order valence-electron chi connectivity index (χ0n) is 11.3. The molecule has 102 valence electrons. The number of ether oxygens (including phenoxy) is 1. The van der Waals surface area contributed by atoms with Crippen LogP contribution in [-0.2, 0) is 6.42 Å². The highest BCUT2D eigenvalue weighted by Gasteiger charge is 2.28. The standard InChI is InChI=1S/C16H16N2O2/c1-20-15-8-3-2-5-12(15)16(19)18-10-9-11-13(17)6-4-7-14(11)18/h2-8H,9-10,17H2,1H3. The van der Waals surface area contributed by atoms with Crippen LogP contribution in [0.15, 0.2) is 42.5 Å². The minimum Gasteiger partial charge on any atom is -0.496 e. The molecule has 1 aliphatic rings. The molecule has 1 heterocycles. The van der Waals surface area contributed by atoms with Gasteiger partial charge < -0.3 is 15.4 Å². The van der Waals surface area contributed by atoms with Crippen molar-refractivity contribution in [2.75, 3.05) is 24.3 Å². The van der Waals surface area contributed by atoms with Gasteiger partial charge in [-0.2, -0.15) is 0 Å². The summed E-state index contributed by atoms with van der Waals surface area (Å²) in [5.74, 6) is 0.543. The van der Waals surface area contributed by atoms with Crippen LogP contribution in [0.3, 0.4) is 0 Å². The van der Waals surface area contributed by atoms with Gasteiger partial charge >= 0.3 is 0 Å². The number of fused-ring (bicyclic) bond motifs is 1. The summed E-state index contributed by atoms with van der Waals surface area (Å²) in [6.45, 7) is 0.653. The Morgan fingerprint density at radius 1 is 1.20 bits per heavy atom. The van der Waals surface area contributed by atoms with Crippen molar-refractivity contribution in [3.8, 4) is 5.75 Å². The second kappa shape index (κ2) is 4.89. The number of benzene rings is 2. The van der Waals surface area contributed by atoms with Crippen LogP contribution >= 0.6 is 0 Å². The molecule has 0 unspecified atom stereocenters. The maximum Gasteiger partial charge on any atom is 0.262 e. The van der Waals surface area contributed by atoms with Gasteiger partial charge in [-0.25, -0.2) is 0 Å². The molecule has 1 amide bonds. The van der Waals surface area contributed by atoms with Gasteiger partial charge in [-0.05, 0) is 30.7 Å². The van der Waals surface area contributed by atoms with Crippen molar-refractivity contribution < 1.29 is 9.53 Å². The van der Waals surface area contributed by atoms with E-state index in [0.717, 1.165) is 23.4 Å². The highest BCUT2D eigenvalue weighted by molar-refractivity contribution is 6.09. The summed E-state index contributed by atoms with van der Waals surface area (Å²) in [4.78, 5) is 14.5. The van der Waals surface area contributed by atoms with E-state index < -0.39 is 0 Å². The second-order valence-corrected chi connectivity index (χ2v) is 4.75. The number of carbonyl (C=O) groups excluding carboxylic acids is 1. The lowest BCUT2D eigenvalue weighted by molar-refractivity contribution is 0.0986. The monoisotopic (exact) mass is 268 g/mol. The molecule has 4 nitrogen and oxygen atoms in total. The van der Waals surface area contributed by atoms with Gasteiger partial charge in [-0.3, -0.25) is 4.79 Å². The molecule has 0 bridgehead atoms. The Morgan fingerprint density at radius 3 is 2.80 bits per heavy atom. The number of nitrogens with two attached hydrogens (primary N) is 1. The summed E-state index contributed by atoms with van der Waals surface area (Å²) in [7, 11) is 1.57. The Hall–Kier alpha value is -2.49. The summed E-state index contributed by atoms with van der Waals surface area (Å²) in [5, 5.41) is 0. The summed E-state index contributed by atoms with van der Waals surface area (Å²) in [6.07, 6.45) is 0.795. The predicted octanol–water partition coefficient (Wildman–Crippen LogP) is 2.48. The molecule has 0 aromatic heterocycles. The third-order valence-electron chi connectivity index (χ3n) is 3.65. The zero-order valence-corrected chi connectivity index (χ0v) is 11.3. The van der Waals surface area contributed by atoms with Crippen molar-refractivity contribution in [3.05, 3.63) is 53.6 Å². The summed E-state index contributed by atoms with van der Waals surface area (Å²) >= 11 is 0. The van der Waals surface area contributed by atoms with Gasteiger partial charge in [0.05, 0.1) is 12.7 Å². The van der Waals surface area contributed by atoms with E-state index in [1.54, 1.807) is 24.1 Å². The quantitative estimate of drug-likeness (QED) is 0.851. The smallest absolute Gasteiger partial charge is 0.262 e. The second-order valence-electron chi connectivity index (χ2n) is 4.75. The van der Waals surface area contributed by atoms with Crippen molar-refractivity contribution in [1.82, 2.24) is 0 Å². The molecule has 0 atom stereocenters. The minimum atomic E-state index is -0.0493. The van der Waals surface area contributed by atoms with Gasteiger partial charge in [0.15, 0.2) is 0 Å². The number of methoxy groups -OCH3 is 1. The number of amides is 1. The molecule has 0 aliphatic carbocycles. The normalized spacial score (nSPS) is 13.2. The molecule has 1 aliphatic heterocycles. The molecule has 2 N–H and O–H groups in total. The van der Waals surface area contributed by atoms with Gasteiger partial charge in [0.1, 0.15) is 5.75 Å². The number of anilines is 2. The third-order valence-corrected chi connectivity index (χ3v) is 3.65. The lowest BCUT2D eigenvalue weighted by Crippen LogP contribution is -2.29. The van der Waals surface area contributed by atoms with Gasteiger partial charge in [0.25, 0.3) is 5.91 Å². The number of nitrogen functional groups attached to an aromatic ring is 1. The SMILES string of the molecule is COc1ccccc1C(=O)N1CCc2c(N)cccc21. The van der Waals surface area contributed by atoms with E-state index in [1.807, 2.05) is 30.3 Å². The van der Waals surface area contributed by atoms with Crippen LogP contribution in [0.4, 0.5) is 11.4 Å². The van der Waals surface area contributed by atoms with Crippen molar-refractivity contribution >= 4 is 17.3 Å². The van der Waals surface area contributed by atoms with Crippen LogP contribution in [0.25, 0.3) is 0 Å². The number of para-hydroxylation sites is 1. The summed E-state index contributed by atoms with van der Waals surface area (Å²) in [5.41, 5.74) is 9.24. The van der Waals surface area contributed by atoms with E-state index in [9.17, 15) is 4.79 Å². The highest BCUT2D eigenvalue weighted by atomic mass is 16.5. The molecule has 0 spiro atoms. The molecule has 0 saturated heterocycles. The first-order valence-electron chi connectivity index (χ1n) is 6.54. The fraction of sp³-hybridized carbons (Fsp3) is 0.188. The molecule has 20 heavy (non-hydrogen) atoms. The first kappa shape index (κ1) is 12.5. The number of hydrogen-bond acceptors (Lipinski definition) is 3. The predicted molar refractivity (Wildman–Crippen MR) is 79.2 cm³/mol. The van der Waals surface area contributed by atoms with Gasteiger partial charge in [0.2, 0.25) is 0 Å². The number of hydrogen-bond donors (Lipinski definition) is 1. The Labute approximate surface area is 117 Å². The molecular weight excluding hydrogens is 252 g/mol. The Balaban J connectivity index is 2.00. The van der Waals surface area contributed by atoms with Crippen molar-refractivity contribution in [2.45, 2.75) is 6.42 Å². The van der Waals surface area contributed by atoms with Crippen LogP contribution in [0.5, 0.6) is 5.75 Å². The fourth-order valence-corrected chi connectivity index (χ4v) is 2.64. The van der Waals surface area contributed by atoms with Gasteiger partial charge in [-0.1, -0.05) is 18.2 Å². The lowest BCUT2D eigenvalue weighted by Gasteiger charge is -2.19. The molecule has 0 saturated carbocycles. The summed E-state index contributed by atoms with van der Waals surface area (Å²) < 4.78 is 5.27. The maximum absolute atomic E-state index is 12.7. The van der Waals surface area contributed by atoms with Crippen molar-refractivity contribution in [3.63, 3.8) is 0 Å². The summed E-state index contributed by atoms with van der Waals surface area (Å²) in [6, 6.07) is 13.0. The number of carbonyl (C=O) groups is 1. The molecule has 3 rings (SSSR count). The number of rotatable bonds is 2. The Morgan fingerprint density at radius 2 is 2.00 bits per heavy atom. The average Bonchev–Trinajstić information content (AvgIpc) is 2.92. The average molecular weight is 268 g/mol. The van der Waals surface area contributed by atoms with E-state index >= 15 is 0 Å². The first-order valence-corrected chi connectivity index (χ1v) is 6.54. The lowest BCUT2D eigenvalue weighted by atomic mass is 10.1. The van der Waals surface area contributed by atoms with E-state index in [-0.39, 0.29) is 5.91 Å². The third kappa shape index (κ3) is 1.90. The van der Waals surface area contributed by atoms with E-state index in [0.29, 0.717) is 17.9 Å². The largest absolute Gasteiger partial charge is 0.496 e. The molecule has 4 heteroatoms. The zero-order chi connectivity index (χ0) is 14.1. The van der Waals surface area contributed by atoms with Crippen LogP contribution in [-0.4, -0.2) is 19.6 Å². The fourth-order valence-electron chi connectivity index (χ4n) is 2.64. The molecule has 0 radical (unpaired) electrons. The van der Waals surface area contributed by atoms with Crippen LogP contribution in [0.2, 0.25) is 0 Å². The topological polar surface area (TPSA) is 55.6 Å². The van der Waals surface area contributed by atoms with Crippen molar-refractivity contribution in [2.24, 2.45) is 0 Å². The Kier molecular flexibility index (Phi) is 3.06. The van der Waals surface area contributed by atoms with E-state index in [2.05, 4.69) is 0 Å². The van der Waals surface area contributed by atoms with E-state index in [4.69, 9.17) is 10.5 Å². The molecule has 2 aromatic carbocycles. The van der Waals surface area contributed by atoms with Gasteiger partial charge in [0, 0.05) is 23.5 Å². The van der Waals surface area contributed by atoms with Crippen LogP contribution in [0.1, 0.15) is 15.9 Å². The van der Waals surface area contributed by atoms with Crippen molar-refractivity contribution in [1.29, 1.82) is 0 Å². The van der Waals surface area contributed by atoms with E-state index in [1.165, 1.54) is 0 Å². The van der Waals surface area contributed by atoms with Crippen LogP contribution in [0, 0.1) is 0 Å². The van der Waals surface area contributed by atoms with Crippen LogP contribution < -0.4 is 15.4 Å². The number of nitrogens with zero attached hydrogens (tertiary/aromatic N) is 1. The maximum atomic E-state index is 12.7. The molecular formula is C16H16N2O2.